The summed E-state index contributed by atoms with van der Waals surface area (Å²) >= 11 is 0. The molecular weight excluding hydrogens is 176 g/mol. The Labute approximate surface area is 83.9 Å². The van der Waals surface area contributed by atoms with Crippen molar-refractivity contribution in [2.45, 2.75) is 13.8 Å². The molecule has 72 valence electrons. The van der Waals surface area contributed by atoms with Crippen LogP contribution in [0.25, 0.3) is 0 Å². The highest BCUT2D eigenvalue weighted by atomic mass is 14.9. The van der Waals surface area contributed by atoms with E-state index in [4.69, 9.17) is 10.5 Å². The molecule has 0 saturated heterocycles. The molecule has 0 saturated carbocycles. The molecule has 0 spiro atoms. The molecule has 0 aliphatic rings. The van der Waals surface area contributed by atoms with Crippen molar-refractivity contribution in [1.29, 1.82) is 10.5 Å². The van der Waals surface area contributed by atoms with E-state index in [1.54, 1.807) is 12.2 Å². The summed E-state index contributed by atoms with van der Waals surface area (Å²) in [5.74, 6) is 0. The maximum atomic E-state index is 8.72. The lowest BCUT2D eigenvalue weighted by atomic mass is 10.3. The summed E-state index contributed by atoms with van der Waals surface area (Å²) in [5.41, 5.74) is 0.309. The minimum atomic E-state index is 0.104. The Morgan fingerprint density at radius 2 is 2.14 bits per heavy atom. The molecule has 1 N–H and O–H groups in total. The maximum Gasteiger partial charge on any atom is 0.174 e. The predicted octanol–water partition coefficient (Wildman–Crippen LogP) is 1.50. The molecule has 0 radical (unpaired) electrons. The molecule has 0 aliphatic heterocycles. The van der Waals surface area contributed by atoms with Crippen molar-refractivity contribution in [2.24, 2.45) is 4.99 Å². The van der Waals surface area contributed by atoms with E-state index >= 15 is 0 Å². The molecule has 0 aliphatic carbocycles. The molecule has 0 heterocycles. The van der Waals surface area contributed by atoms with E-state index in [9.17, 15) is 0 Å². The standard InChI is InChI=1S/C10H12N4/c1-3-5-6-14-10(8-12)9(7-11)13-4-2/h3,5-6,13H,4H2,1-2H3. The lowest BCUT2D eigenvalue weighted by molar-refractivity contribution is 0.871. The van der Waals surface area contributed by atoms with Gasteiger partial charge in [-0.3, -0.25) is 0 Å². The van der Waals surface area contributed by atoms with Crippen LogP contribution in [0.3, 0.4) is 0 Å². The van der Waals surface area contributed by atoms with Gasteiger partial charge in [-0.05, 0) is 19.9 Å². The first-order chi connectivity index (χ1) is 6.79. The van der Waals surface area contributed by atoms with E-state index in [1.165, 1.54) is 6.21 Å². The number of allylic oxidation sites excluding steroid dienone is 4. The lowest BCUT2D eigenvalue weighted by Gasteiger charge is -1.98. The number of hydrogen-bond donors (Lipinski definition) is 1. The van der Waals surface area contributed by atoms with E-state index in [0.29, 0.717) is 6.54 Å². The van der Waals surface area contributed by atoms with Gasteiger partial charge in [0.25, 0.3) is 0 Å². The molecule has 0 fully saturated rings. The third-order valence-corrected chi connectivity index (χ3v) is 1.29. The van der Waals surface area contributed by atoms with Crippen molar-refractivity contribution in [3.8, 4) is 12.1 Å². The van der Waals surface area contributed by atoms with Crippen molar-refractivity contribution in [3.63, 3.8) is 0 Å². The summed E-state index contributed by atoms with van der Waals surface area (Å²) in [6, 6.07) is 3.75. The van der Waals surface area contributed by atoms with Gasteiger partial charge in [-0.15, -0.1) is 0 Å². The Morgan fingerprint density at radius 1 is 1.43 bits per heavy atom. The summed E-state index contributed by atoms with van der Waals surface area (Å²) in [4.78, 5) is 3.84. The normalized spacial score (nSPS) is 12.3. The van der Waals surface area contributed by atoms with E-state index in [-0.39, 0.29) is 11.4 Å². The Bertz CT molecular complexity index is 336. The van der Waals surface area contributed by atoms with Gasteiger partial charge in [0.1, 0.15) is 12.1 Å². The zero-order chi connectivity index (χ0) is 10.8. The van der Waals surface area contributed by atoms with Gasteiger partial charge in [-0.25, -0.2) is 4.99 Å². The summed E-state index contributed by atoms with van der Waals surface area (Å²) < 4.78 is 0. The Hall–Kier alpha value is -2.07. The van der Waals surface area contributed by atoms with Crippen LogP contribution in [0.5, 0.6) is 0 Å². The van der Waals surface area contributed by atoms with Crippen LogP contribution in [-0.2, 0) is 0 Å². The van der Waals surface area contributed by atoms with Crippen molar-refractivity contribution < 1.29 is 0 Å². The second kappa shape index (κ2) is 7.57. The van der Waals surface area contributed by atoms with Gasteiger partial charge in [-0.2, -0.15) is 10.5 Å². The average Bonchev–Trinajstić information content (AvgIpc) is 2.22. The molecule has 0 rings (SSSR count). The molecule has 0 amide bonds. The number of aliphatic imine (C=N–C) groups is 1. The molecule has 0 aromatic heterocycles. The van der Waals surface area contributed by atoms with Gasteiger partial charge in [0, 0.05) is 12.8 Å². The van der Waals surface area contributed by atoms with E-state index < -0.39 is 0 Å². The van der Waals surface area contributed by atoms with Gasteiger partial charge >= 0.3 is 0 Å². The van der Waals surface area contributed by atoms with Gasteiger partial charge < -0.3 is 5.32 Å². The highest BCUT2D eigenvalue weighted by Crippen LogP contribution is 2.00. The van der Waals surface area contributed by atoms with E-state index in [2.05, 4.69) is 10.3 Å². The van der Waals surface area contributed by atoms with Crippen LogP contribution in [0.2, 0.25) is 0 Å². The molecule has 0 bridgehead atoms. The number of rotatable bonds is 4. The van der Waals surface area contributed by atoms with Gasteiger partial charge in [0.15, 0.2) is 11.4 Å². The minimum absolute atomic E-state index is 0.104. The first-order valence-electron chi connectivity index (χ1n) is 4.23. The quantitative estimate of drug-likeness (QED) is 0.536. The number of hydrogen-bond acceptors (Lipinski definition) is 4. The summed E-state index contributed by atoms with van der Waals surface area (Å²) in [6.45, 7) is 4.28. The molecule has 0 atom stereocenters. The van der Waals surface area contributed by atoms with Crippen LogP contribution >= 0.6 is 0 Å². The fraction of sp³-hybridized carbons (Fsp3) is 0.300. The lowest BCUT2D eigenvalue weighted by Crippen LogP contribution is -2.12. The van der Waals surface area contributed by atoms with Crippen LogP contribution in [-0.4, -0.2) is 12.8 Å². The molecular formula is C10H12N4. The third-order valence-electron chi connectivity index (χ3n) is 1.29. The SMILES string of the molecule is CC=CC=NC(C#N)=C(C#N)NCC. The molecule has 14 heavy (non-hydrogen) atoms. The zero-order valence-corrected chi connectivity index (χ0v) is 8.28. The molecule has 4 heteroatoms. The van der Waals surface area contributed by atoms with Crippen molar-refractivity contribution >= 4 is 6.21 Å². The molecule has 0 unspecified atom stereocenters. The average molecular weight is 188 g/mol. The summed E-state index contributed by atoms with van der Waals surface area (Å²) in [5, 5.41) is 20.2. The summed E-state index contributed by atoms with van der Waals surface area (Å²) in [6.07, 6.45) is 4.96. The van der Waals surface area contributed by atoms with Crippen LogP contribution in [0.15, 0.2) is 28.5 Å². The van der Waals surface area contributed by atoms with Gasteiger partial charge in [-0.1, -0.05) is 6.08 Å². The topological polar surface area (TPSA) is 72.0 Å². The highest BCUT2D eigenvalue weighted by molar-refractivity contribution is 5.72. The van der Waals surface area contributed by atoms with Crippen molar-refractivity contribution in [3.05, 3.63) is 23.5 Å². The Morgan fingerprint density at radius 3 is 2.57 bits per heavy atom. The first kappa shape index (κ1) is 11.9. The Kier molecular flexibility index (Phi) is 6.45. The highest BCUT2D eigenvalue weighted by Gasteiger charge is 2.01. The molecule has 0 aromatic carbocycles. The smallest absolute Gasteiger partial charge is 0.174 e. The monoisotopic (exact) mass is 188 g/mol. The van der Waals surface area contributed by atoms with Crippen LogP contribution < -0.4 is 5.32 Å². The number of nitriles is 2. The second-order valence-corrected chi connectivity index (χ2v) is 2.28. The fourth-order valence-electron chi connectivity index (χ4n) is 0.706. The van der Waals surface area contributed by atoms with Crippen LogP contribution in [0.4, 0.5) is 0 Å². The van der Waals surface area contributed by atoms with Crippen molar-refractivity contribution in [1.82, 2.24) is 5.32 Å². The number of nitrogens with one attached hydrogen (secondary N) is 1. The van der Waals surface area contributed by atoms with Crippen LogP contribution in [0.1, 0.15) is 13.8 Å². The molecule has 4 nitrogen and oxygen atoms in total. The number of nitrogens with zero attached hydrogens (tertiary/aromatic N) is 3. The summed E-state index contributed by atoms with van der Waals surface area (Å²) in [7, 11) is 0. The minimum Gasteiger partial charge on any atom is -0.374 e. The predicted molar refractivity (Wildman–Crippen MR) is 55.2 cm³/mol. The first-order valence-corrected chi connectivity index (χ1v) is 4.23. The van der Waals surface area contributed by atoms with Crippen LogP contribution in [0, 0.1) is 22.7 Å². The Balaban J connectivity index is 4.84. The molecule has 0 aromatic rings. The van der Waals surface area contributed by atoms with Gasteiger partial charge in [0.2, 0.25) is 0 Å². The van der Waals surface area contributed by atoms with E-state index in [0.717, 1.165) is 0 Å². The van der Waals surface area contributed by atoms with Crippen molar-refractivity contribution in [2.75, 3.05) is 6.54 Å². The van der Waals surface area contributed by atoms with E-state index in [1.807, 2.05) is 26.0 Å². The second-order valence-electron chi connectivity index (χ2n) is 2.28. The fourth-order valence-corrected chi connectivity index (χ4v) is 0.706. The largest absolute Gasteiger partial charge is 0.374 e. The zero-order valence-electron chi connectivity index (χ0n) is 8.28. The maximum absolute atomic E-state index is 8.72. The third kappa shape index (κ3) is 4.08. The van der Waals surface area contributed by atoms with Gasteiger partial charge in [0.05, 0.1) is 0 Å².